The van der Waals surface area contributed by atoms with E-state index in [0.29, 0.717) is 24.3 Å². The van der Waals surface area contributed by atoms with E-state index in [4.69, 9.17) is 9.15 Å². The van der Waals surface area contributed by atoms with Gasteiger partial charge in [0, 0.05) is 37.4 Å². The minimum Gasteiger partial charge on any atom is -0.495 e. The van der Waals surface area contributed by atoms with Gasteiger partial charge in [-0.1, -0.05) is 18.2 Å². The van der Waals surface area contributed by atoms with Gasteiger partial charge in [0.2, 0.25) is 0 Å². The van der Waals surface area contributed by atoms with Crippen LogP contribution in [0.25, 0.3) is 0 Å². The number of carbonyl (C=O) groups is 2. The number of methoxy groups -OCH3 is 1. The second kappa shape index (κ2) is 8.95. The SMILES string of the molecule is COc1ccccc1N1CCN(C(=O)c2ccc(C)c(NC(=O)c3ccco3)c2)CC1. The monoisotopic (exact) mass is 419 g/mol. The van der Waals surface area contributed by atoms with Gasteiger partial charge in [-0.3, -0.25) is 9.59 Å². The molecule has 0 atom stereocenters. The van der Waals surface area contributed by atoms with Crippen molar-refractivity contribution in [3.63, 3.8) is 0 Å². The molecule has 0 aliphatic carbocycles. The Labute approximate surface area is 181 Å². The fourth-order valence-corrected chi connectivity index (χ4v) is 3.71. The fraction of sp³-hybridized carbons (Fsp3) is 0.250. The zero-order valence-corrected chi connectivity index (χ0v) is 17.6. The van der Waals surface area contributed by atoms with Crippen molar-refractivity contribution in [3.8, 4) is 5.75 Å². The van der Waals surface area contributed by atoms with Gasteiger partial charge < -0.3 is 24.3 Å². The van der Waals surface area contributed by atoms with Crippen LogP contribution in [-0.4, -0.2) is 50.0 Å². The molecule has 0 bridgehead atoms. The summed E-state index contributed by atoms with van der Waals surface area (Å²) in [5, 5.41) is 2.83. The van der Waals surface area contributed by atoms with Crippen LogP contribution >= 0.6 is 0 Å². The molecule has 3 aromatic rings. The quantitative estimate of drug-likeness (QED) is 0.681. The Hall–Kier alpha value is -3.74. The summed E-state index contributed by atoms with van der Waals surface area (Å²) in [4.78, 5) is 29.5. The molecule has 0 saturated carbocycles. The van der Waals surface area contributed by atoms with E-state index in [2.05, 4.69) is 10.2 Å². The van der Waals surface area contributed by atoms with Gasteiger partial charge in [0.1, 0.15) is 5.75 Å². The third-order valence-electron chi connectivity index (χ3n) is 5.47. The fourth-order valence-electron chi connectivity index (χ4n) is 3.71. The lowest BCUT2D eigenvalue weighted by molar-refractivity contribution is 0.0746. The molecule has 7 nitrogen and oxygen atoms in total. The van der Waals surface area contributed by atoms with Crippen molar-refractivity contribution >= 4 is 23.2 Å². The van der Waals surface area contributed by atoms with Crippen LogP contribution in [0.15, 0.2) is 65.3 Å². The molecule has 0 radical (unpaired) electrons. The van der Waals surface area contributed by atoms with E-state index in [-0.39, 0.29) is 17.6 Å². The van der Waals surface area contributed by atoms with Crippen molar-refractivity contribution < 1.29 is 18.7 Å². The number of hydrogen-bond acceptors (Lipinski definition) is 5. The zero-order valence-electron chi connectivity index (χ0n) is 17.6. The van der Waals surface area contributed by atoms with Crippen LogP contribution in [0.2, 0.25) is 0 Å². The van der Waals surface area contributed by atoms with Crippen LogP contribution in [-0.2, 0) is 0 Å². The summed E-state index contributed by atoms with van der Waals surface area (Å²) in [6.45, 7) is 4.55. The van der Waals surface area contributed by atoms with Crippen LogP contribution in [0.5, 0.6) is 5.75 Å². The number of hydrogen-bond donors (Lipinski definition) is 1. The zero-order chi connectivity index (χ0) is 21.8. The van der Waals surface area contributed by atoms with E-state index in [1.807, 2.05) is 42.2 Å². The molecule has 0 spiro atoms. The first-order valence-electron chi connectivity index (χ1n) is 10.2. The highest BCUT2D eigenvalue weighted by Crippen LogP contribution is 2.28. The number of nitrogens with one attached hydrogen (secondary N) is 1. The van der Waals surface area contributed by atoms with Gasteiger partial charge in [0.25, 0.3) is 11.8 Å². The summed E-state index contributed by atoms with van der Waals surface area (Å²) in [6, 6.07) is 16.5. The molecule has 4 rings (SSSR count). The first-order chi connectivity index (χ1) is 15.1. The number of aryl methyl sites for hydroxylation is 1. The Morgan fingerprint density at radius 3 is 2.48 bits per heavy atom. The van der Waals surface area contributed by atoms with Crippen molar-refractivity contribution in [1.29, 1.82) is 0 Å². The number of piperazine rings is 1. The normalized spacial score (nSPS) is 13.7. The predicted octanol–water partition coefficient (Wildman–Crippen LogP) is 3.81. The lowest BCUT2D eigenvalue weighted by Gasteiger charge is -2.36. The maximum absolute atomic E-state index is 13.1. The number of furan rings is 1. The van der Waals surface area contributed by atoms with Gasteiger partial charge in [0.15, 0.2) is 5.76 Å². The first-order valence-corrected chi connectivity index (χ1v) is 10.2. The Bertz CT molecular complexity index is 1070. The summed E-state index contributed by atoms with van der Waals surface area (Å²) in [7, 11) is 1.66. The van der Waals surface area contributed by atoms with Crippen LogP contribution in [0.4, 0.5) is 11.4 Å². The molecule has 0 unspecified atom stereocenters. The van der Waals surface area contributed by atoms with E-state index in [9.17, 15) is 9.59 Å². The van der Waals surface area contributed by atoms with Crippen LogP contribution in [0.1, 0.15) is 26.5 Å². The maximum Gasteiger partial charge on any atom is 0.291 e. The molecule has 31 heavy (non-hydrogen) atoms. The van der Waals surface area contributed by atoms with Crippen molar-refractivity contribution in [2.45, 2.75) is 6.92 Å². The van der Waals surface area contributed by atoms with Gasteiger partial charge in [-0.05, 0) is 48.9 Å². The van der Waals surface area contributed by atoms with E-state index in [1.165, 1.54) is 6.26 Å². The third kappa shape index (κ3) is 4.40. The smallest absolute Gasteiger partial charge is 0.291 e. The van der Waals surface area contributed by atoms with Crippen molar-refractivity contribution in [3.05, 3.63) is 77.7 Å². The van der Waals surface area contributed by atoms with Gasteiger partial charge in [-0.25, -0.2) is 0 Å². The lowest BCUT2D eigenvalue weighted by Crippen LogP contribution is -2.48. The summed E-state index contributed by atoms with van der Waals surface area (Å²) in [6.07, 6.45) is 1.45. The molecule has 2 heterocycles. The second-order valence-electron chi connectivity index (χ2n) is 7.41. The number of rotatable bonds is 5. The number of amides is 2. The highest BCUT2D eigenvalue weighted by molar-refractivity contribution is 6.04. The lowest BCUT2D eigenvalue weighted by atomic mass is 10.1. The number of benzene rings is 2. The first kappa shape index (κ1) is 20.5. The van der Waals surface area contributed by atoms with Gasteiger partial charge in [0.05, 0.1) is 19.1 Å². The number of ether oxygens (including phenoxy) is 1. The molecule has 1 fully saturated rings. The molecular formula is C24H25N3O4. The number of carbonyl (C=O) groups excluding carboxylic acids is 2. The molecule has 1 saturated heterocycles. The van der Waals surface area contributed by atoms with Gasteiger partial charge >= 0.3 is 0 Å². The summed E-state index contributed by atoms with van der Waals surface area (Å²) in [5.74, 6) is 0.664. The minimum atomic E-state index is -0.344. The molecule has 2 aromatic carbocycles. The summed E-state index contributed by atoms with van der Waals surface area (Å²) in [5.41, 5.74) is 3.05. The average molecular weight is 419 g/mol. The van der Waals surface area contributed by atoms with Gasteiger partial charge in [-0.2, -0.15) is 0 Å². The van der Waals surface area contributed by atoms with E-state index in [1.54, 1.807) is 31.4 Å². The van der Waals surface area contributed by atoms with Crippen LogP contribution < -0.4 is 15.0 Å². The van der Waals surface area contributed by atoms with Crippen LogP contribution in [0.3, 0.4) is 0 Å². The Morgan fingerprint density at radius 2 is 1.77 bits per heavy atom. The highest BCUT2D eigenvalue weighted by Gasteiger charge is 2.24. The van der Waals surface area contributed by atoms with Crippen molar-refractivity contribution in [2.75, 3.05) is 43.5 Å². The topological polar surface area (TPSA) is 75.0 Å². The molecule has 7 heteroatoms. The average Bonchev–Trinajstić information content (AvgIpc) is 3.35. The Kier molecular flexibility index (Phi) is 5.93. The van der Waals surface area contributed by atoms with Crippen molar-refractivity contribution in [1.82, 2.24) is 4.90 Å². The molecule has 2 amide bonds. The second-order valence-corrected chi connectivity index (χ2v) is 7.41. The standard InChI is InChI=1S/C24H25N3O4/c1-17-9-10-18(16-19(17)25-23(28)22-8-5-15-31-22)24(29)27-13-11-26(12-14-27)20-6-3-4-7-21(20)30-2/h3-10,15-16H,11-14H2,1-2H3,(H,25,28). The highest BCUT2D eigenvalue weighted by atomic mass is 16.5. The number of anilines is 2. The number of nitrogens with zero attached hydrogens (tertiary/aromatic N) is 2. The summed E-state index contributed by atoms with van der Waals surface area (Å²) < 4.78 is 10.6. The maximum atomic E-state index is 13.1. The molecular weight excluding hydrogens is 394 g/mol. The van der Waals surface area contributed by atoms with Crippen LogP contribution in [0, 0.1) is 6.92 Å². The summed E-state index contributed by atoms with van der Waals surface area (Å²) >= 11 is 0. The Morgan fingerprint density at radius 1 is 1.00 bits per heavy atom. The Balaban J connectivity index is 1.44. The van der Waals surface area contributed by atoms with Crippen molar-refractivity contribution in [2.24, 2.45) is 0 Å². The third-order valence-corrected chi connectivity index (χ3v) is 5.47. The molecule has 1 aromatic heterocycles. The van der Waals surface area contributed by atoms with Gasteiger partial charge in [-0.15, -0.1) is 0 Å². The molecule has 1 N–H and O–H groups in total. The van der Waals surface area contributed by atoms with E-state index < -0.39 is 0 Å². The molecule has 160 valence electrons. The number of para-hydroxylation sites is 2. The predicted molar refractivity (Wildman–Crippen MR) is 119 cm³/mol. The largest absolute Gasteiger partial charge is 0.495 e. The van der Waals surface area contributed by atoms with E-state index >= 15 is 0 Å². The minimum absolute atomic E-state index is 0.0480. The van der Waals surface area contributed by atoms with E-state index in [0.717, 1.165) is 30.1 Å². The molecule has 1 aliphatic rings. The molecule has 1 aliphatic heterocycles.